The van der Waals surface area contributed by atoms with Crippen LogP contribution in [0.3, 0.4) is 0 Å². The maximum absolute atomic E-state index is 12.5. The van der Waals surface area contributed by atoms with Crippen LogP contribution in [0.4, 0.5) is 0 Å². The first kappa shape index (κ1) is 16.4. The van der Waals surface area contributed by atoms with Crippen LogP contribution >= 0.6 is 11.6 Å². The van der Waals surface area contributed by atoms with E-state index in [4.69, 9.17) is 16.3 Å². The van der Waals surface area contributed by atoms with Crippen LogP contribution in [-0.4, -0.2) is 17.5 Å². The number of hydrogen-bond acceptors (Lipinski definition) is 2. The number of rotatable bonds is 5. The van der Waals surface area contributed by atoms with Crippen LogP contribution in [-0.2, 0) is 0 Å². The molecular formula is C19H19ClN2O2. The van der Waals surface area contributed by atoms with E-state index in [-0.39, 0.29) is 11.9 Å². The minimum atomic E-state index is -0.156. The van der Waals surface area contributed by atoms with Crippen molar-refractivity contribution in [3.63, 3.8) is 0 Å². The van der Waals surface area contributed by atoms with Gasteiger partial charge < -0.3 is 15.0 Å². The molecule has 24 heavy (non-hydrogen) atoms. The highest BCUT2D eigenvalue weighted by atomic mass is 35.5. The second-order valence-corrected chi connectivity index (χ2v) is 6.05. The molecule has 2 N–H and O–H groups in total. The average Bonchev–Trinajstić information content (AvgIpc) is 2.98. The van der Waals surface area contributed by atoms with Gasteiger partial charge in [-0.05, 0) is 49.7 Å². The van der Waals surface area contributed by atoms with Crippen LogP contribution in [0.2, 0.25) is 5.02 Å². The summed E-state index contributed by atoms with van der Waals surface area (Å²) in [4.78, 5) is 15.6. The lowest BCUT2D eigenvalue weighted by Gasteiger charge is -2.15. The van der Waals surface area contributed by atoms with Crippen molar-refractivity contribution in [2.24, 2.45) is 0 Å². The van der Waals surface area contributed by atoms with Crippen molar-refractivity contribution in [2.45, 2.75) is 19.9 Å². The molecule has 1 unspecified atom stereocenters. The van der Waals surface area contributed by atoms with Gasteiger partial charge in [-0.15, -0.1) is 0 Å². The van der Waals surface area contributed by atoms with Crippen molar-refractivity contribution in [2.75, 3.05) is 6.61 Å². The largest absolute Gasteiger partial charge is 0.494 e. The molecule has 0 spiro atoms. The number of halogens is 1. The van der Waals surface area contributed by atoms with E-state index in [2.05, 4.69) is 10.3 Å². The first-order valence-electron chi connectivity index (χ1n) is 7.88. The molecule has 1 aromatic heterocycles. The number of ether oxygens (including phenoxy) is 1. The highest BCUT2D eigenvalue weighted by Gasteiger charge is 2.14. The summed E-state index contributed by atoms with van der Waals surface area (Å²) < 4.78 is 5.51. The summed E-state index contributed by atoms with van der Waals surface area (Å²) in [5.41, 5.74) is 2.35. The zero-order valence-corrected chi connectivity index (χ0v) is 14.4. The predicted molar refractivity (Wildman–Crippen MR) is 96.8 cm³/mol. The van der Waals surface area contributed by atoms with Gasteiger partial charge >= 0.3 is 0 Å². The lowest BCUT2D eigenvalue weighted by atomic mass is 10.1. The van der Waals surface area contributed by atoms with Gasteiger partial charge in [0.05, 0.1) is 12.6 Å². The summed E-state index contributed by atoms with van der Waals surface area (Å²) in [6, 6.07) is 14.9. The molecule has 0 fully saturated rings. The topological polar surface area (TPSA) is 54.1 Å². The minimum Gasteiger partial charge on any atom is -0.494 e. The Labute approximate surface area is 145 Å². The summed E-state index contributed by atoms with van der Waals surface area (Å²) in [7, 11) is 0. The normalized spacial score (nSPS) is 12.1. The van der Waals surface area contributed by atoms with Gasteiger partial charge in [0.2, 0.25) is 0 Å². The van der Waals surface area contributed by atoms with Gasteiger partial charge in [-0.1, -0.05) is 29.8 Å². The molecule has 2 aromatic carbocycles. The maximum atomic E-state index is 12.5. The number of H-pyrrole nitrogens is 1. The van der Waals surface area contributed by atoms with Gasteiger partial charge in [-0.2, -0.15) is 0 Å². The van der Waals surface area contributed by atoms with Gasteiger partial charge in [-0.3, -0.25) is 4.79 Å². The number of fused-ring (bicyclic) bond motifs is 1. The van der Waals surface area contributed by atoms with Crippen molar-refractivity contribution in [3.05, 3.63) is 64.8 Å². The highest BCUT2D eigenvalue weighted by molar-refractivity contribution is 6.31. The number of aromatic amines is 1. The molecule has 3 aromatic rings. The van der Waals surface area contributed by atoms with Crippen molar-refractivity contribution >= 4 is 28.4 Å². The zero-order chi connectivity index (χ0) is 17.1. The molecule has 0 aliphatic carbocycles. The summed E-state index contributed by atoms with van der Waals surface area (Å²) in [6.45, 7) is 4.50. The summed E-state index contributed by atoms with van der Waals surface area (Å²) in [5, 5.41) is 4.59. The lowest BCUT2D eigenvalue weighted by Crippen LogP contribution is -2.26. The van der Waals surface area contributed by atoms with Crippen molar-refractivity contribution < 1.29 is 9.53 Å². The number of nitrogens with one attached hydrogen (secondary N) is 2. The molecule has 1 atom stereocenters. The molecule has 0 aliphatic heterocycles. The van der Waals surface area contributed by atoms with Gasteiger partial charge in [0.15, 0.2) is 0 Å². The van der Waals surface area contributed by atoms with Gasteiger partial charge in [0.25, 0.3) is 5.91 Å². The SMILES string of the molecule is CCOc1cccc(C(C)NC(=O)c2cc3ccc(Cl)cc3[nH]2)c1. The molecule has 0 bridgehead atoms. The number of benzene rings is 2. The standard InChI is InChI=1S/C19H19ClN2O2/c1-3-24-16-6-4-5-13(9-16)12(2)21-19(23)18-10-14-7-8-15(20)11-17(14)22-18/h4-12,22H,3H2,1-2H3,(H,21,23). The third-order valence-corrected chi connectivity index (χ3v) is 4.08. The molecule has 1 heterocycles. The Morgan fingerprint density at radius 2 is 2.08 bits per heavy atom. The molecule has 0 radical (unpaired) electrons. The van der Waals surface area contributed by atoms with E-state index in [1.54, 1.807) is 6.07 Å². The molecule has 0 saturated heterocycles. The van der Waals surface area contributed by atoms with Crippen LogP contribution in [0.15, 0.2) is 48.5 Å². The number of carbonyl (C=O) groups is 1. The van der Waals surface area contributed by atoms with Crippen LogP contribution in [0.25, 0.3) is 10.9 Å². The van der Waals surface area contributed by atoms with Crippen LogP contribution in [0, 0.1) is 0 Å². The molecule has 5 heteroatoms. The van der Waals surface area contributed by atoms with E-state index in [9.17, 15) is 4.79 Å². The first-order chi connectivity index (χ1) is 11.6. The quantitative estimate of drug-likeness (QED) is 0.705. The predicted octanol–water partition coefficient (Wildman–Crippen LogP) is 4.71. The van der Waals surface area contributed by atoms with E-state index in [1.165, 1.54) is 0 Å². The Morgan fingerprint density at radius 1 is 1.25 bits per heavy atom. The van der Waals surface area contributed by atoms with Crippen molar-refractivity contribution in [1.29, 1.82) is 0 Å². The molecule has 3 rings (SSSR count). The number of carbonyl (C=O) groups excluding carboxylic acids is 1. The van der Waals surface area contributed by atoms with E-state index < -0.39 is 0 Å². The van der Waals surface area contributed by atoms with Crippen LogP contribution in [0.5, 0.6) is 5.75 Å². The van der Waals surface area contributed by atoms with E-state index in [0.717, 1.165) is 22.2 Å². The lowest BCUT2D eigenvalue weighted by molar-refractivity contribution is 0.0935. The fourth-order valence-electron chi connectivity index (χ4n) is 2.62. The summed E-state index contributed by atoms with van der Waals surface area (Å²) in [6.07, 6.45) is 0. The fraction of sp³-hybridized carbons (Fsp3) is 0.211. The van der Waals surface area contributed by atoms with Crippen molar-refractivity contribution in [1.82, 2.24) is 10.3 Å². The van der Waals surface area contributed by atoms with E-state index in [1.807, 2.05) is 56.3 Å². The smallest absolute Gasteiger partial charge is 0.268 e. The van der Waals surface area contributed by atoms with Crippen LogP contribution < -0.4 is 10.1 Å². The Kier molecular flexibility index (Phi) is 4.76. The first-order valence-corrected chi connectivity index (χ1v) is 8.26. The highest BCUT2D eigenvalue weighted by Crippen LogP contribution is 2.22. The average molecular weight is 343 g/mol. The monoisotopic (exact) mass is 342 g/mol. The van der Waals surface area contributed by atoms with Crippen LogP contribution in [0.1, 0.15) is 35.9 Å². The Bertz CT molecular complexity index is 873. The number of aromatic nitrogens is 1. The second kappa shape index (κ2) is 6.97. The van der Waals surface area contributed by atoms with Gasteiger partial charge in [0.1, 0.15) is 11.4 Å². The van der Waals surface area contributed by atoms with E-state index >= 15 is 0 Å². The molecule has 4 nitrogen and oxygen atoms in total. The molecule has 0 saturated carbocycles. The number of amides is 1. The minimum absolute atomic E-state index is 0.132. The van der Waals surface area contributed by atoms with Gasteiger partial charge in [-0.25, -0.2) is 0 Å². The van der Waals surface area contributed by atoms with Gasteiger partial charge in [0, 0.05) is 15.9 Å². The Morgan fingerprint density at radius 3 is 2.88 bits per heavy atom. The number of hydrogen-bond donors (Lipinski definition) is 2. The molecular weight excluding hydrogens is 324 g/mol. The molecule has 124 valence electrons. The fourth-order valence-corrected chi connectivity index (χ4v) is 2.79. The Hall–Kier alpha value is -2.46. The summed E-state index contributed by atoms with van der Waals surface area (Å²) in [5.74, 6) is 0.646. The third kappa shape index (κ3) is 3.54. The third-order valence-electron chi connectivity index (χ3n) is 3.85. The van der Waals surface area contributed by atoms with Crippen molar-refractivity contribution in [3.8, 4) is 5.75 Å². The Balaban J connectivity index is 1.76. The second-order valence-electron chi connectivity index (χ2n) is 5.62. The zero-order valence-electron chi connectivity index (χ0n) is 13.6. The molecule has 0 aliphatic rings. The summed E-state index contributed by atoms with van der Waals surface area (Å²) >= 11 is 5.98. The molecule has 1 amide bonds. The maximum Gasteiger partial charge on any atom is 0.268 e. The van der Waals surface area contributed by atoms with E-state index in [0.29, 0.717) is 17.3 Å².